The largest absolute Gasteiger partial charge is 0.481 e. The molecule has 2 amide bonds. The summed E-state index contributed by atoms with van der Waals surface area (Å²) in [4.78, 5) is 22.2. The summed E-state index contributed by atoms with van der Waals surface area (Å²) in [7, 11) is 0. The molecule has 1 rings (SSSR count). The molecule has 0 aliphatic rings. The molecular formula is C13H18N2O3. The van der Waals surface area contributed by atoms with Crippen LogP contribution in [0.4, 0.5) is 4.79 Å². The van der Waals surface area contributed by atoms with Crippen molar-refractivity contribution in [1.82, 2.24) is 10.6 Å². The van der Waals surface area contributed by atoms with Gasteiger partial charge in [0, 0.05) is 13.1 Å². The van der Waals surface area contributed by atoms with Crippen molar-refractivity contribution < 1.29 is 14.7 Å². The highest BCUT2D eigenvalue weighted by molar-refractivity contribution is 5.75. The van der Waals surface area contributed by atoms with Gasteiger partial charge in [-0.2, -0.15) is 0 Å². The number of carboxylic acid groups (broad SMARTS) is 1. The van der Waals surface area contributed by atoms with Gasteiger partial charge in [-0.15, -0.1) is 0 Å². The number of amides is 2. The Morgan fingerprint density at radius 3 is 2.44 bits per heavy atom. The maximum atomic E-state index is 11.4. The Kier molecular flexibility index (Phi) is 5.70. The van der Waals surface area contributed by atoms with Gasteiger partial charge in [-0.05, 0) is 12.0 Å². The summed E-state index contributed by atoms with van der Waals surface area (Å²) in [6, 6.07) is 9.17. The molecule has 0 aromatic heterocycles. The average molecular weight is 250 g/mol. The molecule has 0 aliphatic heterocycles. The van der Waals surface area contributed by atoms with Crippen LogP contribution in [0.2, 0.25) is 0 Å². The number of aliphatic carboxylic acids is 1. The Bertz CT molecular complexity index is 392. The van der Waals surface area contributed by atoms with Crippen molar-refractivity contribution in [3.8, 4) is 0 Å². The molecule has 1 unspecified atom stereocenters. The van der Waals surface area contributed by atoms with E-state index in [9.17, 15) is 9.59 Å². The van der Waals surface area contributed by atoms with Crippen molar-refractivity contribution >= 4 is 12.0 Å². The van der Waals surface area contributed by atoms with Crippen LogP contribution in [-0.2, 0) is 11.3 Å². The fraction of sp³-hybridized carbons (Fsp3) is 0.385. The molecule has 1 aromatic carbocycles. The van der Waals surface area contributed by atoms with Crippen molar-refractivity contribution in [3.05, 3.63) is 35.9 Å². The number of carbonyl (C=O) groups is 2. The number of rotatable bonds is 6. The van der Waals surface area contributed by atoms with E-state index in [2.05, 4.69) is 10.6 Å². The number of hydrogen-bond acceptors (Lipinski definition) is 2. The third-order valence-corrected chi connectivity index (χ3v) is 2.65. The number of carbonyl (C=O) groups excluding carboxylic acids is 1. The van der Waals surface area contributed by atoms with Gasteiger partial charge in [-0.1, -0.05) is 37.3 Å². The molecule has 98 valence electrons. The predicted molar refractivity (Wildman–Crippen MR) is 68.1 cm³/mol. The minimum absolute atomic E-state index is 0.145. The quantitative estimate of drug-likeness (QED) is 0.717. The van der Waals surface area contributed by atoms with E-state index >= 15 is 0 Å². The lowest BCUT2D eigenvalue weighted by molar-refractivity contribution is -0.141. The number of carboxylic acids is 1. The van der Waals surface area contributed by atoms with E-state index in [4.69, 9.17) is 5.11 Å². The zero-order valence-corrected chi connectivity index (χ0v) is 10.3. The van der Waals surface area contributed by atoms with Gasteiger partial charge in [0.25, 0.3) is 0 Å². The van der Waals surface area contributed by atoms with E-state index in [1.807, 2.05) is 30.3 Å². The first kappa shape index (κ1) is 14.0. The normalized spacial score (nSPS) is 11.6. The van der Waals surface area contributed by atoms with Crippen molar-refractivity contribution in [2.24, 2.45) is 5.92 Å². The van der Waals surface area contributed by atoms with Crippen molar-refractivity contribution in [2.75, 3.05) is 6.54 Å². The predicted octanol–water partition coefficient (Wildman–Crippen LogP) is 1.60. The molecule has 0 bridgehead atoms. The Balaban J connectivity index is 2.28. The van der Waals surface area contributed by atoms with Gasteiger partial charge in [0.1, 0.15) is 0 Å². The SMILES string of the molecule is CCC(CNC(=O)NCc1ccccc1)C(=O)O. The summed E-state index contributed by atoms with van der Waals surface area (Å²) in [5.41, 5.74) is 0.998. The average Bonchev–Trinajstić information content (AvgIpc) is 2.38. The van der Waals surface area contributed by atoms with Crippen LogP contribution in [0.15, 0.2) is 30.3 Å². The number of nitrogens with one attached hydrogen (secondary N) is 2. The molecule has 5 nitrogen and oxygen atoms in total. The second kappa shape index (κ2) is 7.32. The van der Waals surface area contributed by atoms with Crippen LogP contribution in [-0.4, -0.2) is 23.7 Å². The van der Waals surface area contributed by atoms with Crippen LogP contribution in [0.5, 0.6) is 0 Å². The molecule has 0 heterocycles. The third kappa shape index (κ3) is 4.86. The zero-order valence-electron chi connectivity index (χ0n) is 10.3. The molecule has 0 aliphatic carbocycles. The van der Waals surface area contributed by atoms with Gasteiger partial charge in [-0.25, -0.2) is 4.79 Å². The van der Waals surface area contributed by atoms with Gasteiger partial charge in [0.15, 0.2) is 0 Å². The van der Waals surface area contributed by atoms with Gasteiger partial charge < -0.3 is 15.7 Å². The van der Waals surface area contributed by atoms with E-state index < -0.39 is 11.9 Å². The Hall–Kier alpha value is -2.04. The topological polar surface area (TPSA) is 78.4 Å². The number of hydrogen-bond donors (Lipinski definition) is 3. The summed E-state index contributed by atoms with van der Waals surface area (Å²) in [6.45, 7) is 2.35. The van der Waals surface area contributed by atoms with Crippen molar-refractivity contribution in [1.29, 1.82) is 0 Å². The van der Waals surface area contributed by atoms with Crippen LogP contribution >= 0.6 is 0 Å². The zero-order chi connectivity index (χ0) is 13.4. The highest BCUT2D eigenvalue weighted by Crippen LogP contribution is 2.00. The smallest absolute Gasteiger partial charge is 0.315 e. The van der Waals surface area contributed by atoms with Crippen LogP contribution in [0, 0.1) is 5.92 Å². The summed E-state index contributed by atoms with van der Waals surface area (Å²) < 4.78 is 0. The lowest BCUT2D eigenvalue weighted by Gasteiger charge is -2.11. The molecule has 0 fully saturated rings. The molecule has 1 aromatic rings. The molecular weight excluding hydrogens is 232 g/mol. The Labute approximate surface area is 106 Å². The van der Waals surface area contributed by atoms with Crippen molar-refractivity contribution in [2.45, 2.75) is 19.9 Å². The first-order valence-corrected chi connectivity index (χ1v) is 5.92. The monoisotopic (exact) mass is 250 g/mol. The van der Waals surface area contributed by atoms with Gasteiger partial charge in [0.2, 0.25) is 0 Å². The highest BCUT2D eigenvalue weighted by Gasteiger charge is 2.15. The minimum Gasteiger partial charge on any atom is -0.481 e. The van der Waals surface area contributed by atoms with E-state index in [0.717, 1.165) is 5.56 Å². The molecule has 0 spiro atoms. The Morgan fingerprint density at radius 1 is 1.22 bits per heavy atom. The van der Waals surface area contributed by atoms with Crippen molar-refractivity contribution in [3.63, 3.8) is 0 Å². The van der Waals surface area contributed by atoms with Crippen LogP contribution in [0.1, 0.15) is 18.9 Å². The maximum Gasteiger partial charge on any atom is 0.315 e. The van der Waals surface area contributed by atoms with E-state index in [1.165, 1.54) is 0 Å². The van der Waals surface area contributed by atoms with E-state index in [1.54, 1.807) is 6.92 Å². The molecule has 5 heteroatoms. The number of urea groups is 1. The fourth-order valence-corrected chi connectivity index (χ4v) is 1.46. The van der Waals surface area contributed by atoms with Crippen LogP contribution in [0.3, 0.4) is 0 Å². The Morgan fingerprint density at radius 2 is 1.89 bits per heavy atom. The first-order chi connectivity index (χ1) is 8.63. The fourth-order valence-electron chi connectivity index (χ4n) is 1.46. The summed E-state index contributed by atoms with van der Waals surface area (Å²) >= 11 is 0. The highest BCUT2D eigenvalue weighted by atomic mass is 16.4. The summed E-state index contributed by atoms with van der Waals surface area (Å²) in [5.74, 6) is -1.42. The van der Waals surface area contributed by atoms with Gasteiger partial charge in [-0.3, -0.25) is 4.79 Å². The van der Waals surface area contributed by atoms with Gasteiger partial charge >= 0.3 is 12.0 Å². The molecule has 1 atom stereocenters. The van der Waals surface area contributed by atoms with E-state index in [0.29, 0.717) is 13.0 Å². The second-order valence-corrected chi connectivity index (χ2v) is 3.99. The minimum atomic E-state index is -0.888. The molecule has 0 radical (unpaired) electrons. The summed E-state index contributed by atoms with van der Waals surface area (Å²) in [6.07, 6.45) is 0.494. The first-order valence-electron chi connectivity index (χ1n) is 5.92. The standard InChI is InChI=1S/C13H18N2O3/c1-2-11(12(16)17)9-15-13(18)14-8-10-6-4-3-5-7-10/h3-7,11H,2,8-9H2,1H3,(H,16,17)(H2,14,15,18). The van der Waals surface area contributed by atoms with Gasteiger partial charge in [0.05, 0.1) is 5.92 Å². The maximum absolute atomic E-state index is 11.4. The summed E-state index contributed by atoms with van der Waals surface area (Å²) in [5, 5.41) is 14.1. The molecule has 0 saturated carbocycles. The molecule has 3 N–H and O–H groups in total. The third-order valence-electron chi connectivity index (χ3n) is 2.65. The molecule has 0 saturated heterocycles. The van der Waals surface area contributed by atoms with E-state index in [-0.39, 0.29) is 12.6 Å². The van der Waals surface area contributed by atoms with Crippen LogP contribution < -0.4 is 10.6 Å². The van der Waals surface area contributed by atoms with Crippen LogP contribution in [0.25, 0.3) is 0 Å². The number of benzene rings is 1. The molecule has 18 heavy (non-hydrogen) atoms. The lowest BCUT2D eigenvalue weighted by Crippen LogP contribution is -2.39. The lowest BCUT2D eigenvalue weighted by atomic mass is 10.1. The second-order valence-electron chi connectivity index (χ2n) is 3.99.